The van der Waals surface area contributed by atoms with Gasteiger partial charge in [0.1, 0.15) is 5.75 Å². The van der Waals surface area contributed by atoms with Crippen molar-refractivity contribution in [3.8, 4) is 5.75 Å². The molecule has 1 heterocycles. The van der Waals surface area contributed by atoms with Gasteiger partial charge >= 0.3 is 0 Å². The molecule has 0 aromatic heterocycles. The lowest BCUT2D eigenvalue weighted by Gasteiger charge is -2.11. The van der Waals surface area contributed by atoms with E-state index < -0.39 is 0 Å². The Kier molecular flexibility index (Phi) is 1.99. The molecule has 2 nitrogen and oxygen atoms in total. The molecule has 2 N–H and O–H groups in total. The first-order valence-corrected chi connectivity index (χ1v) is 5.79. The highest BCUT2D eigenvalue weighted by molar-refractivity contribution is 5.44. The molecular weight excluding hydrogens is 186 g/mol. The Morgan fingerprint density at radius 2 is 2.20 bits per heavy atom. The molecule has 2 aliphatic rings. The van der Waals surface area contributed by atoms with Gasteiger partial charge in [-0.15, -0.1) is 0 Å². The van der Waals surface area contributed by atoms with Crippen molar-refractivity contribution in [2.45, 2.75) is 37.6 Å². The fourth-order valence-electron chi connectivity index (χ4n) is 2.27. The standard InChI is InChI=1S/C13H17NO/c14-13(7-8-13)6-4-10-2-1-3-11-5-9-15-12(10)11/h1-3H,4-9,14H2. The fraction of sp³-hybridized carbons (Fsp3) is 0.538. The molecule has 0 radical (unpaired) electrons. The molecule has 80 valence electrons. The second kappa shape index (κ2) is 3.24. The summed E-state index contributed by atoms with van der Waals surface area (Å²) in [6, 6.07) is 6.48. The number of nitrogens with two attached hydrogens (primary N) is 1. The van der Waals surface area contributed by atoms with Crippen molar-refractivity contribution in [1.82, 2.24) is 0 Å². The van der Waals surface area contributed by atoms with E-state index in [-0.39, 0.29) is 5.54 Å². The SMILES string of the molecule is NC1(CCc2cccc3c2OCC3)CC1. The highest BCUT2D eigenvalue weighted by Crippen LogP contribution is 2.38. The molecule has 0 saturated heterocycles. The molecular formula is C13H17NO. The quantitative estimate of drug-likeness (QED) is 0.816. The number of rotatable bonds is 3. The van der Waals surface area contributed by atoms with E-state index in [4.69, 9.17) is 10.5 Å². The Balaban J connectivity index is 1.77. The van der Waals surface area contributed by atoms with E-state index in [1.807, 2.05) is 0 Å². The zero-order valence-corrected chi connectivity index (χ0v) is 8.96. The summed E-state index contributed by atoms with van der Waals surface area (Å²) in [5, 5.41) is 0. The molecule has 1 aliphatic carbocycles. The zero-order chi connectivity index (χ0) is 10.3. The Labute approximate surface area is 90.4 Å². The normalized spacial score (nSPS) is 20.9. The van der Waals surface area contributed by atoms with Crippen LogP contribution in [0.1, 0.15) is 30.4 Å². The molecule has 0 atom stereocenters. The van der Waals surface area contributed by atoms with E-state index >= 15 is 0 Å². The first-order valence-electron chi connectivity index (χ1n) is 5.79. The summed E-state index contributed by atoms with van der Waals surface area (Å²) in [5.74, 6) is 1.14. The van der Waals surface area contributed by atoms with Crippen LogP contribution in [0.5, 0.6) is 5.75 Å². The van der Waals surface area contributed by atoms with Crippen LogP contribution >= 0.6 is 0 Å². The van der Waals surface area contributed by atoms with Crippen LogP contribution in [-0.2, 0) is 12.8 Å². The third-order valence-electron chi connectivity index (χ3n) is 3.58. The highest BCUT2D eigenvalue weighted by Gasteiger charge is 2.37. The van der Waals surface area contributed by atoms with Gasteiger partial charge in [-0.2, -0.15) is 0 Å². The largest absolute Gasteiger partial charge is 0.493 e. The molecule has 1 saturated carbocycles. The number of ether oxygens (including phenoxy) is 1. The molecule has 1 fully saturated rings. The molecule has 0 bridgehead atoms. The predicted molar refractivity (Wildman–Crippen MR) is 60.1 cm³/mol. The number of aryl methyl sites for hydroxylation is 1. The van der Waals surface area contributed by atoms with E-state index in [0.717, 1.165) is 31.6 Å². The van der Waals surface area contributed by atoms with Crippen LogP contribution in [0.25, 0.3) is 0 Å². The highest BCUT2D eigenvalue weighted by atomic mass is 16.5. The van der Waals surface area contributed by atoms with Gasteiger partial charge in [0.2, 0.25) is 0 Å². The lowest BCUT2D eigenvalue weighted by atomic mass is 10.0. The van der Waals surface area contributed by atoms with Crippen LogP contribution in [-0.4, -0.2) is 12.1 Å². The minimum atomic E-state index is 0.154. The van der Waals surface area contributed by atoms with Gasteiger partial charge in [-0.3, -0.25) is 0 Å². The van der Waals surface area contributed by atoms with E-state index in [2.05, 4.69) is 18.2 Å². The van der Waals surface area contributed by atoms with Gasteiger partial charge in [0.25, 0.3) is 0 Å². The van der Waals surface area contributed by atoms with E-state index in [1.165, 1.54) is 24.0 Å². The third-order valence-corrected chi connectivity index (χ3v) is 3.58. The molecule has 0 amide bonds. The summed E-state index contributed by atoms with van der Waals surface area (Å²) in [4.78, 5) is 0. The summed E-state index contributed by atoms with van der Waals surface area (Å²) in [7, 11) is 0. The average molecular weight is 203 g/mol. The van der Waals surface area contributed by atoms with Crippen molar-refractivity contribution >= 4 is 0 Å². The van der Waals surface area contributed by atoms with Crippen LogP contribution in [0.15, 0.2) is 18.2 Å². The third kappa shape index (κ3) is 1.74. The van der Waals surface area contributed by atoms with Gasteiger partial charge in [-0.05, 0) is 36.8 Å². The molecule has 2 heteroatoms. The minimum absolute atomic E-state index is 0.154. The van der Waals surface area contributed by atoms with Gasteiger partial charge in [-0.25, -0.2) is 0 Å². The Hall–Kier alpha value is -1.02. The Morgan fingerprint density at radius 3 is 3.00 bits per heavy atom. The number of hydrogen-bond donors (Lipinski definition) is 1. The molecule has 15 heavy (non-hydrogen) atoms. The monoisotopic (exact) mass is 203 g/mol. The van der Waals surface area contributed by atoms with Crippen LogP contribution in [0, 0.1) is 0 Å². The lowest BCUT2D eigenvalue weighted by molar-refractivity contribution is 0.352. The maximum absolute atomic E-state index is 6.10. The van der Waals surface area contributed by atoms with E-state index in [1.54, 1.807) is 0 Å². The van der Waals surface area contributed by atoms with Crippen molar-refractivity contribution in [3.05, 3.63) is 29.3 Å². The van der Waals surface area contributed by atoms with Gasteiger partial charge < -0.3 is 10.5 Å². The lowest BCUT2D eigenvalue weighted by Crippen LogP contribution is -2.22. The second-order valence-corrected chi connectivity index (χ2v) is 4.87. The zero-order valence-electron chi connectivity index (χ0n) is 8.96. The summed E-state index contributed by atoms with van der Waals surface area (Å²) < 4.78 is 5.67. The van der Waals surface area contributed by atoms with E-state index in [9.17, 15) is 0 Å². The molecule has 0 spiro atoms. The first-order chi connectivity index (χ1) is 7.27. The van der Waals surface area contributed by atoms with Crippen molar-refractivity contribution in [2.24, 2.45) is 5.73 Å². The summed E-state index contributed by atoms with van der Waals surface area (Å²) in [6.07, 6.45) is 5.63. The number of benzene rings is 1. The number of fused-ring (bicyclic) bond motifs is 1. The average Bonchev–Trinajstić information content (AvgIpc) is 2.80. The summed E-state index contributed by atoms with van der Waals surface area (Å²) >= 11 is 0. The molecule has 3 rings (SSSR count). The van der Waals surface area contributed by atoms with Crippen LogP contribution in [0.4, 0.5) is 0 Å². The molecule has 1 aromatic rings. The number of para-hydroxylation sites is 1. The van der Waals surface area contributed by atoms with Gasteiger partial charge in [0.05, 0.1) is 6.61 Å². The van der Waals surface area contributed by atoms with Crippen LogP contribution < -0.4 is 10.5 Å². The smallest absolute Gasteiger partial charge is 0.125 e. The van der Waals surface area contributed by atoms with Crippen molar-refractivity contribution in [2.75, 3.05) is 6.61 Å². The number of hydrogen-bond acceptors (Lipinski definition) is 2. The van der Waals surface area contributed by atoms with Crippen molar-refractivity contribution < 1.29 is 4.74 Å². The topological polar surface area (TPSA) is 35.2 Å². The van der Waals surface area contributed by atoms with Crippen LogP contribution in [0.3, 0.4) is 0 Å². The Morgan fingerprint density at radius 1 is 1.33 bits per heavy atom. The van der Waals surface area contributed by atoms with Crippen LogP contribution in [0.2, 0.25) is 0 Å². The maximum Gasteiger partial charge on any atom is 0.125 e. The molecule has 0 unspecified atom stereocenters. The maximum atomic E-state index is 6.10. The van der Waals surface area contributed by atoms with Gasteiger partial charge in [-0.1, -0.05) is 18.2 Å². The van der Waals surface area contributed by atoms with Crippen molar-refractivity contribution in [1.29, 1.82) is 0 Å². The van der Waals surface area contributed by atoms with Gasteiger partial charge in [0, 0.05) is 12.0 Å². The Bertz CT molecular complexity index is 382. The summed E-state index contributed by atoms with van der Waals surface area (Å²) in [6.45, 7) is 0.847. The fourth-order valence-corrected chi connectivity index (χ4v) is 2.27. The molecule has 1 aromatic carbocycles. The van der Waals surface area contributed by atoms with E-state index in [0.29, 0.717) is 0 Å². The van der Waals surface area contributed by atoms with Gasteiger partial charge in [0.15, 0.2) is 0 Å². The summed E-state index contributed by atoms with van der Waals surface area (Å²) in [5.41, 5.74) is 8.97. The molecule has 1 aliphatic heterocycles. The predicted octanol–water partition coefficient (Wildman–Crippen LogP) is 2.05. The van der Waals surface area contributed by atoms with Crippen molar-refractivity contribution in [3.63, 3.8) is 0 Å². The first kappa shape index (κ1) is 9.22. The minimum Gasteiger partial charge on any atom is -0.493 e. The second-order valence-electron chi connectivity index (χ2n) is 4.87.